The molecule has 40 heavy (non-hydrogen) atoms. The van der Waals surface area contributed by atoms with Crippen LogP contribution in [0, 0.1) is 5.92 Å². The van der Waals surface area contributed by atoms with E-state index < -0.39 is 29.9 Å². The highest BCUT2D eigenvalue weighted by molar-refractivity contribution is 5.95. The van der Waals surface area contributed by atoms with Crippen molar-refractivity contribution in [1.29, 1.82) is 0 Å². The number of carbonyl (C=O) groups excluding carboxylic acids is 5. The molecule has 1 aliphatic rings. The highest BCUT2D eigenvalue weighted by Crippen LogP contribution is 2.24. The Labute approximate surface area is 237 Å². The van der Waals surface area contributed by atoms with E-state index in [0.29, 0.717) is 31.4 Å². The van der Waals surface area contributed by atoms with Crippen molar-refractivity contribution in [1.82, 2.24) is 25.9 Å². The second kappa shape index (κ2) is 16.6. The van der Waals surface area contributed by atoms with E-state index in [4.69, 9.17) is 0 Å². The largest absolute Gasteiger partial charge is 0.352 e. The fraction of sp³-hybridized carbons (Fsp3) is 0.621. The third kappa shape index (κ3) is 9.04. The summed E-state index contributed by atoms with van der Waals surface area (Å²) in [5.41, 5.74) is 2.02. The number of hydrogen-bond donors (Lipinski definition) is 4. The molecular weight excluding hydrogens is 514 g/mol. The first kappa shape index (κ1) is 32.7. The molecule has 11 nitrogen and oxygen atoms in total. The van der Waals surface area contributed by atoms with Gasteiger partial charge in [-0.1, -0.05) is 58.2 Å². The van der Waals surface area contributed by atoms with E-state index in [1.54, 1.807) is 47.8 Å². The second-order valence-corrected chi connectivity index (χ2v) is 10.4. The molecular formula is C29H45N5O6. The van der Waals surface area contributed by atoms with Crippen molar-refractivity contribution >= 4 is 29.5 Å². The summed E-state index contributed by atoms with van der Waals surface area (Å²) in [4.78, 5) is 67.7. The molecule has 0 spiro atoms. The molecule has 3 unspecified atom stereocenters. The first-order chi connectivity index (χ1) is 19.2. The average Bonchev–Trinajstić information content (AvgIpc) is 3.46. The third-order valence-electron chi connectivity index (χ3n) is 7.57. The van der Waals surface area contributed by atoms with Crippen LogP contribution < -0.4 is 16.1 Å². The van der Waals surface area contributed by atoms with Gasteiger partial charge in [0.15, 0.2) is 0 Å². The molecule has 1 saturated heterocycles. The van der Waals surface area contributed by atoms with Gasteiger partial charge in [0.2, 0.25) is 17.7 Å². The molecule has 1 heterocycles. The fourth-order valence-corrected chi connectivity index (χ4v) is 5.03. The van der Waals surface area contributed by atoms with Gasteiger partial charge in [-0.3, -0.25) is 29.2 Å². The summed E-state index contributed by atoms with van der Waals surface area (Å²) in [7, 11) is 1.55. The number of unbranched alkanes of at least 4 members (excludes halogenated alkanes) is 2. The summed E-state index contributed by atoms with van der Waals surface area (Å²) in [5.74, 6) is -2.31. The van der Waals surface area contributed by atoms with Crippen LogP contribution in [-0.2, 0) is 19.2 Å². The van der Waals surface area contributed by atoms with Crippen LogP contribution in [0.2, 0.25) is 0 Å². The van der Waals surface area contributed by atoms with E-state index in [9.17, 15) is 29.2 Å². The summed E-state index contributed by atoms with van der Waals surface area (Å²) in [6, 6.07) is 5.90. The number of carbonyl (C=O) groups is 5. The van der Waals surface area contributed by atoms with Crippen LogP contribution in [0.25, 0.3) is 0 Å². The number of benzene rings is 1. The van der Waals surface area contributed by atoms with Crippen molar-refractivity contribution in [2.75, 3.05) is 20.1 Å². The summed E-state index contributed by atoms with van der Waals surface area (Å²) in [5, 5.41) is 14.6. The number of hydroxylamine groups is 1. The normalized spacial score (nSPS) is 16.9. The van der Waals surface area contributed by atoms with Gasteiger partial charge in [0.05, 0.1) is 0 Å². The maximum absolute atomic E-state index is 13.6. The predicted octanol–water partition coefficient (Wildman–Crippen LogP) is 2.24. The molecule has 4 N–H and O–H groups in total. The van der Waals surface area contributed by atoms with Gasteiger partial charge in [0.25, 0.3) is 11.8 Å². The van der Waals surface area contributed by atoms with E-state index in [2.05, 4.69) is 17.6 Å². The monoisotopic (exact) mass is 559 g/mol. The molecule has 0 saturated carbocycles. The zero-order chi connectivity index (χ0) is 29.7. The van der Waals surface area contributed by atoms with Gasteiger partial charge in [-0.25, -0.2) is 5.48 Å². The zero-order valence-corrected chi connectivity index (χ0v) is 24.2. The van der Waals surface area contributed by atoms with E-state index >= 15 is 0 Å². The minimum atomic E-state index is -1.15. The molecule has 4 atom stereocenters. The molecule has 1 aromatic carbocycles. The van der Waals surface area contributed by atoms with Gasteiger partial charge < -0.3 is 20.4 Å². The van der Waals surface area contributed by atoms with E-state index in [1.165, 1.54) is 4.90 Å². The van der Waals surface area contributed by atoms with Gasteiger partial charge in [-0.05, 0) is 43.7 Å². The van der Waals surface area contributed by atoms with Gasteiger partial charge in [0.1, 0.15) is 18.1 Å². The highest BCUT2D eigenvalue weighted by atomic mass is 16.5. The predicted molar refractivity (Wildman–Crippen MR) is 150 cm³/mol. The number of hydrogen-bond acceptors (Lipinski definition) is 6. The minimum Gasteiger partial charge on any atom is -0.352 e. The molecule has 1 aromatic rings. The lowest BCUT2D eigenvalue weighted by molar-refractivity contribution is -0.148. The van der Waals surface area contributed by atoms with Crippen LogP contribution in [-0.4, -0.2) is 82.8 Å². The summed E-state index contributed by atoms with van der Waals surface area (Å²) < 4.78 is 0. The lowest BCUT2D eigenvalue weighted by Gasteiger charge is -2.36. The summed E-state index contributed by atoms with van der Waals surface area (Å²) in [6.07, 6.45) is 4.99. The molecule has 1 aliphatic heterocycles. The second-order valence-electron chi connectivity index (χ2n) is 10.4. The molecule has 0 aromatic heterocycles. The minimum absolute atomic E-state index is 0.0181. The van der Waals surface area contributed by atoms with Gasteiger partial charge >= 0.3 is 0 Å². The lowest BCUT2D eigenvalue weighted by Crippen LogP contribution is -2.58. The van der Waals surface area contributed by atoms with Crippen LogP contribution in [0.3, 0.4) is 0 Å². The first-order valence-corrected chi connectivity index (χ1v) is 14.3. The van der Waals surface area contributed by atoms with Crippen molar-refractivity contribution in [2.24, 2.45) is 5.92 Å². The third-order valence-corrected chi connectivity index (χ3v) is 7.57. The van der Waals surface area contributed by atoms with Crippen molar-refractivity contribution in [3.8, 4) is 0 Å². The molecule has 5 amide bonds. The lowest BCUT2D eigenvalue weighted by atomic mass is 9.95. The van der Waals surface area contributed by atoms with Crippen LogP contribution in [0.5, 0.6) is 0 Å². The van der Waals surface area contributed by atoms with Gasteiger partial charge in [0, 0.05) is 32.1 Å². The summed E-state index contributed by atoms with van der Waals surface area (Å²) in [6.45, 7) is 6.39. The standard InChI is InChI=1S/C29H45N5O6/c1-5-7-9-16-24(35)34-19-12-15-23(34)29(39)33(4)25(20(3)6-2)28(38)31-22(27(37)32-40)17-18-30-26(36)21-13-10-8-11-14-21/h8,10-11,13-14,20,22-23,25,40H,5-7,9,12,15-19H2,1-4H3,(H,30,36)(H,31,38)(H,32,37)/t20?,22?,23-,25?/m0/s1. The number of rotatable bonds is 15. The number of likely N-dealkylation sites (N-methyl/N-ethyl adjacent to an activating group) is 1. The van der Waals surface area contributed by atoms with Gasteiger partial charge in [-0.15, -0.1) is 0 Å². The Kier molecular flexibility index (Phi) is 13.6. The summed E-state index contributed by atoms with van der Waals surface area (Å²) >= 11 is 0. The Bertz CT molecular complexity index is 1000. The number of nitrogens with one attached hydrogen (secondary N) is 3. The zero-order valence-electron chi connectivity index (χ0n) is 24.2. The van der Waals surface area contributed by atoms with Crippen LogP contribution >= 0.6 is 0 Å². The van der Waals surface area contributed by atoms with Gasteiger partial charge in [-0.2, -0.15) is 0 Å². The molecule has 0 aliphatic carbocycles. The van der Waals surface area contributed by atoms with E-state index in [1.807, 2.05) is 13.8 Å². The molecule has 0 bridgehead atoms. The smallest absolute Gasteiger partial charge is 0.265 e. The maximum atomic E-state index is 13.6. The molecule has 0 radical (unpaired) electrons. The van der Waals surface area contributed by atoms with Crippen molar-refractivity contribution < 1.29 is 29.2 Å². The molecule has 2 rings (SSSR count). The number of amides is 5. The Morgan fingerprint density at radius 2 is 1.77 bits per heavy atom. The fourth-order valence-electron chi connectivity index (χ4n) is 5.03. The SMILES string of the molecule is CCCCCC(=O)N1CCC[C@H]1C(=O)N(C)C(C(=O)NC(CCNC(=O)c1ccccc1)C(=O)NO)C(C)CC. The Morgan fingerprint density at radius 1 is 1.07 bits per heavy atom. The molecule has 1 fully saturated rings. The maximum Gasteiger partial charge on any atom is 0.265 e. The van der Waals surface area contributed by atoms with Crippen molar-refractivity contribution in [2.45, 2.75) is 90.3 Å². The van der Waals surface area contributed by atoms with Crippen LogP contribution in [0.15, 0.2) is 30.3 Å². The average molecular weight is 560 g/mol. The first-order valence-electron chi connectivity index (χ1n) is 14.3. The highest BCUT2D eigenvalue weighted by Gasteiger charge is 2.40. The van der Waals surface area contributed by atoms with Crippen LogP contribution in [0.4, 0.5) is 0 Å². The van der Waals surface area contributed by atoms with Crippen LogP contribution in [0.1, 0.15) is 82.5 Å². The topological polar surface area (TPSA) is 148 Å². The van der Waals surface area contributed by atoms with Crippen molar-refractivity contribution in [3.05, 3.63) is 35.9 Å². The quantitative estimate of drug-likeness (QED) is 0.147. The molecule has 222 valence electrons. The molecule has 11 heteroatoms. The number of nitrogens with zero attached hydrogens (tertiary/aromatic N) is 2. The Balaban J connectivity index is 2.10. The Morgan fingerprint density at radius 3 is 2.40 bits per heavy atom. The number of likely N-dealkylation sites (tertiary alicyclic amines) is 1. The Hall–Kier alpha value is -3.47. The van der Waals surface area contributed by atoms with E-state index in [0.717, 1.165) is 25.7 Å². The van der Waals surface area contributed by atoms with E-state index in [-0.39, 0.29) is 36.6 Å². The van der Waals surface area contributed by atoms with Crippen molar-refractivity contribution in [3.63, 3.8) is 0 Å².